The van der Waals surface area contributed by atoms with Crippen molar-refractivity contribution in [2.45, 2.75) is 19.3 Å². The Bertz CT molecular complexity index is 431. The number of methoxy groups -OCH3 is 2. The van der Waals surface area contributed by atoms with Gasteiger partial charge in [-0.2, -0.15) is 0 Å². The maximum atomic E-state index is 6.03. The SMILES string of the molecule is COc1cc(N)c(NCCN2CCCCC2)cc1OC. The summed E-state index contributed by atoms with van der Waals surface area (Å²) in [5, 5.41) is 3.38. The van der Waals surface area contributed by atoms with Crippen LogP contribution in [-0.4, -0.2) is 45.3 Å². The average Bonchev–Trinajstić information content (AvgIpc) is 2.49. The number of nitrogen functional groups attached to an aromatic ring is 1. The van der Waals surface area contributed by atoms with Crippen LogP contribution in [0.2, 0.25) is 0 Å². The molecular formula is C15H25N3O2. The molecule has 1 aliphatic heterocycles. The van der Waals surface area contributed by atoms with Crippen LogP contribution in [0.25, 0.3) is 0 Å². The van der Waals surface area contributed by atoms with E-state index in [1.165, 1.54) is 32.4 Å². The molecule has 0 amide bonds. The van der Waals surface area contributed by atoms with Gasteiger partial charge in [-0.05, 0) is 25.9 Å². The number of anilines is 2. The third-order valence-corrected chi connectivity index (χ3v) is 3.75. The number of rotatable bonds is 6. The molecule has 20 heavy (non-hydrogen) atoms. The molecule has 0 saturated carbocycles. The van der Waals surface area contributed by atoms with Crippen molar-refractivity contribution in [3.05, 3.63) is 12.1 Å². The Hall–Kier alpha value is -1.62. The van der Waals surface area contributed by atoms with Gasteiger partial charge in [-0.1, -0.05) is 6.42 Å². The van der Waals surface area contributed by atoms with Crippen molar-refractivity contribution < 1.29 is 9.47 Å². The molecule has 1 fully saturated rings. The Labute approximate surface area is 121 Å². The predicted octanol–water partition coefficient (Wildman–Crippen LogP) is 2.18. The summed E-state index contributed by atoms with van der Waals surface area (Å²) >= 11 is 0. The second-order valence-corrected chi connectivity index (χ2v) is 5.12. The van der Waals surface area contributed by atoms with Gasteiger partial charge in [0.15, 0.2) is 11.5 Å². The first-order valence-electron chi connectivity index (χ1n) is 7.22. The van der Waals surface area contributed by atoms with E-state index in [4.69, 9.17) is 15.2 Å². The van der Waals surface area contributed by atoms with Gasteiger partial charge in [0.1, 0.15) is 0 Å². The molecule has 2 rings (SSSR count). The van der Waals surface area contributed by atoms with E-state index in [9.17, 15) is 0 Å². The summed E-state index contributed by atoms with van der Waals surface area (Å²) in [4.78, 5) is 2.49. The molecule has 5 nitrogen and oxygen atoms in total. The van der Waals surface area contributed by atoms with Gasteiger partial charge in [0.2, 0.25) is 0 Å². The van der Waals surface area contributed by atoms with Crippen molar-refractivity contribution >= 4 is 11.4 Å². The molecule has 1 heterocycles. The van der Waals surface area contributed by atoms with Gasteiger partial charge in [0, 0.05) is 25.2 Å². The third kappa shape index (κ3) is 3.70. The van der Waals surface area contributed by atoms with Gasteiger partial charge in [0.05, 0.1) is 25.6 Å². The summed E-state index contributed by atoms with van der Waals surface area (Å²) in [5.41, 5.74) is 7.61. The molecule has 0 spiro atoms. The molecule has 0 radical (unpaired) electrons. The number of nitrogens with two attached hydrogens (primary N) is 1. The lowest BCUT2D eigenvalue weighted by atomic mass is 10.1. The van der Waals surface area contributed by atoms with Gasteiger partial charge < -0.3 is 25.4 Å². The second-order valence-electron chi connectivity index (χ2n) is 5.12. The molecule has 0 aliphatic carbocycles. The minimum atomic E-state index is 0.659. The van der Waals surface area contributed by atoms with E-state index < -0.39 is 0 Å². The summed E-state index contributed by atoms with van der Waals surface area (Å²) in [5.74, 6) is 1.36. The van der Waals surface area contributed by atoms with E-state index in [2.05, 4.69) is 10.2 Å². The van der Waals surface area contributed by atoms with Crippen molar-refractivity contribution in [3.8, 4) is 11.5 Å². The first kappa shape index (κ1) is 14.8. The van der Waals surface area contributed by atoms with Crippen LogP contribution < -0.4 is 20.5 Å². The molecule has 0 bridgehead atoms. The largest absolute Gasteiger partial charge is 0.493 e. The lowest BCUT2D eigenvalue weighted by Crippen LogP contribution is -2.33. The molecule has 0 aromatic heterocycles. The summed E-state index contributed by atoms with van der Waals surface area (Å²) < 4.78 is 10.5. The fraction of sp³-hybridized carbons (Fsp3) is 0.600. The molecule has 5 heteroatoms. The van der Waals surface area contributed by atoms with Crippen LogP contribution in [0.5, 0.6) is 11.5 Å². The van der Waals surface area contributed by atoms with Crippen LogP contribution in [0.1, 0.15) is 19.3 Å². The van der Waals surface area contributed by atoms with Gasteiger partial charge >= 0.3 is 0 Å². The second kappa shape index (κ2) is 7.24. The van der Waals surface area contributed by atoms with Gasteiger partial charge in [-0.15, -0.1) is 0 Å². The highest BCUT2D eigenvalue weighted by Gasteiger charge is 2.11. The van der Waals surface area contributed by atoms with Crippen molar-refractivity contribution in [2.24, 2.45) is 0 Å². The third-order valence-electron chi connectivity index (χ3n) is 3.75. The molecule has 0 atom stereocenters. The Kier molecular flexibility index (Phi) is 5.35. The fourth-order valence-corrected chi connectivity index (χ4v) is 2.58. The van der Waals surface area contributed by atoms with Crippen LogP contribution in [0.3, 0.4) is 0 Å². The zero-order chi connectivity index (χ0) is 14.4. The highest BCUT2D eigenvalue weighted by atomic mass is 16.5. The lowest BCUT2D eigenvalue weighted by molar-refractivity contribution is 0.237. The molecule has 112 valence electrons. The van der Waals surface area contributed by atoms with Gasteiger partial charge in [-0.25, -0.2) is 0 Å². The number of likely N-dealkylation sites (tertiary alicyclic amines) is 1. The van der Waals surface area contributed by atoms with Gasteiger partial charge in [0.25, 0.3) is 0 Å². The highest BCUT2D eigenvalue weighted by molar-refractivity contribution is 5.72. The zero-order valence-electron chi connectivity index (χ0n) is 12.4. The topological polar surface area (TPSA) is 59.8 Å². The fourth-order valence-electron chi connectivity index (χ4n) is 2.58. The van der Waals surface area contributed by atoms with E-state index in [0.717, 1.165) is 18.8 Å². The number of benzene rings is 1. The molecular weight excluding hydrogens is 254 g/mol. The number of hydrogen-bond donors (Lipinski definition) is 2. The summed E-state index contributed by atoms with van der Waals surface area (Å²) in [6.45, 7) is 4.36. The monoisotopic (exact) mass is 279 g/mol. The van der Waals surface area contributed by atoms with Gasteiger partial charge in [-0.3, -0.25) is 0 Å². The first-order valence-corrected chi connectivity index (χ1v) is 7.22. The Balaban J connectivity index is 1.91. The molecule has 1 aliphatic rings. The summed E-state index contributed by atoms with van der Waals surface area (Å²) in [6.07, 6.45) is 4.00. The average molecular weight is 279 g/mol. The summed E-state index contributed by atoms with van der Waals surface area (Å²) in [7, 11) is 3.24. The Morgan fingerprint density at radius 1 is 1.10 bits per heavy atom. The highest BCUT2D eigenvalue weighted by Crippen LogP contribution is 2.34. The lowest BCUT2D eigenvalue weighted by Gasteiger charge is -2.26. The zero-order valence-corrected chi connectivity index (χ0v) is 12.4. The molecule has 0 unspecified atom stereocenters. The van der Waals surface area contributed by atoms with Crippen molar-refractivity contribution in [1.29, 1.82) is 0 Å². The Morgan fingerprint density at radius 3 is 2.40 bits per heavy atom. The van der Waals surface area contributed by atoms with Crippen molar-refractivity contribution in [2.75, 3.05) is 51.4 Å². The predicted molar refractivity (Wildman–Crippen MR) is 82.7 cm³/mol. The van der Waals surface area contributed by atoms with Crippen LogP contribution in [0.15, 0.2) is 12.1 Å². The van der Waals surface area contributed by atoms with E-state index in [1.807, 2.05) is 6.07 Å². The smallest absolute Gasteiger partial charge is 0.162 e. The van der Waals surface area contributed by atoms with E-state index in [0.29, 0.717) is 17.2 Å². The van der Waals surface area contributed by atoms with Crippen LogP contribution in [-0.2, 0) is 0 Å². The van der Waals surface area contributed by atoms with Crippen molar-refractivity contribution in [1.82, 2.24) is 4.90 Å². The number of ether oxygens (including phenoxy) is 2. The molecule has 1 aromatic carbocycles. The van der Waals surface area contributed by atoms with Crippen LogP contribution in [0, 0.1) is 0 Å². The molecule has 3 N–H and O–H groups in total. The number of nitrogens with one attached hydrogen (secondary N) is 1. The number of hydrogen-bond acceptors (Lipinski definition) is 5. The van der Waals surface area contributed by atoms with Crippen molar-refractivity contribution in [3.63, 3.8) is 0 Å². The minimum Gasteiger partial charge on any atom is -0.493 e. The minimum absolute atomic E-state index is 0.659. The van der Waals surface area contributed by atoms with E-state index in [-0.39, 0.29) is 0 Å². The maximum absolute atomic E-state index is 6.03. The Morgan fingerprint density at radius 2 is 1.75 bits per heavy atom. The number of nitrogens with zero attached hydrogens (tertiary/aromatic N) is 1. The quantitative estimate of drug-likeness (QED) is 0.782. The van der Waals surface area contributed by atoms with Crippen LogP contribution >= 0.6 is 0 Å². The van der Waals surface area contributed by atoms with Crippen LogP contribution in [0.4, 0.5) is 11.4 Å². The van der Waals surface area contributed by atoms with E-state index >= 15 is 0 Å². The molecule has 1 aromatic rings. The van der Waals surface area contributed by atoms with E-state index in [1.54, 1.807) is 20.3 Å². The standard InChI is InChI=1S/C15H25N3O2/c1-19-14-10-12(16)13(11-15(14)20-2)17-6-9-18-7-4-3-5-8-18/h10-11,17H,3-9,16H2,1-2H3. The maximum Gasteiger partial charge on any atom is 0.162 e. The normalized spacial score (nSPS) is 15.9. The number of piperidine rings is 1. The summed E-state index contributed by atoms with van der Waals surface area (Å²) in [6, 6.07) is 3.69. The first-order chi connectivity index (χ1) is 9.74. The molecule has 1 saturated heterocycles.